The normalized spacial score (nSPS) is 11.4. The molecule has 34 heavy (non-hydrogen) atoms. The van der Waals surface area contributed by atoms with Crippen LogP contribution in [-0.4, -0.2) is 6.03 Å². The number of alkyl halides is 6. The molecule has 0 heterocycles. The molecule has 0 radical (unpaired) electrons. The van der Waals surface area contributed by atoms with E-state index in [2.05, 4.69) is 5.32 Å². The van der Waals surface area contributed by atoms with Crippen molar-refractivity contribution in [3.8, 4) is 17.6 Å². The van der Waals surface area contributed by atoms with Gasteiger partial charge in [0.15, 0.2) is 0 Å². The van der Waals surface area contributed by atoms with Crippen LogP contribution in [0.4, 0.5) is 42.5 Å². The maximum atomic E-state index is 12.9. The molecular weight excluding hydrogens is 464 g/mol. The third kappa shape index (κ3) is 6.65. The van der Waals surface area contributed by atoms with E-state index in [-0.39, 0.29) is 18.2 Å². The second-order valence-electron chi connectivity index (χ2n) is 6.98. The number of rotatable bonds is 5. The van der Waals surface area contributed by atoms with Crippen LogP contribution in [-0.2, 0) is 18.8 Å². The molecule has 0 aliphatic rings. The molecule has 3 rings (SSSR count). The Kier molecular flexibility index (Phi) is 7.00. The van der Waals surface area contributed by atoms with Gasteiger partial charge in [0.25, 0.3) is 0 Å². The molecule has 0 unspecified atom stereocenters. The van der Waals surface area contributed by atoms with E-state index >= 15 is 0 Å². The fraction of sp³-hybridized carbons (Fsp3) is 0.130. The molecule has 2 amide bonds. The third-order valence-corrected chi connectivity index (χ3v) is 4.40. The number of nitriles is 1. The number of nitrogens with one attached hydrogen (secondary N) is 2. The average molecular weight is 479 g/mol. The lowest BCUT2D eigenvalue weighted by Gasteiger charge is -2.15. The van der Waals surface area contributed by atoms with Crippen molar-refractivity contribution in [2.75, 3.05) is 10.6 Å². The molecule has 0 saturated heterocycles. The molecule has 3 aromatic rings. The summed E-state index contributed by atoms with van der Waals surface area (Å²) >= 11 is 0. The van der Waals surface area contributed by atoms with Crippen molar-refractivity contribution >= 4 is 17.4 Å². The van der Waals surface area contributed by atoms with E-state index in [1.165, 1.54) is 24.3 Å². The highest BCUT2D eigenvalue weighted by atomic mass is 19.4. The zero-order valence-electron chi connectivity index (χ0n) is 17.1. The number of urea groups is 1. The summed E-state index contributed by atoms with van der Waals surface area (Å²) in [6, 6.07) is 14.5. The van der Waals surface area contributed by atoms with Gasteiger partial charge in [-0.05, 0) is 60.2 Å². The lowest BCUT2D eigenvalue weighted by molar-refractivity contribution is -0.143. The van der Waals surface area contributed by atoms with Gasteiger partial charge in [0.2, 0.25) is 0 Å². The molecule has 0 aliphatic heterocycles. The van der Waals surface area contributed by atoms with Crippen molar-refractivity contribution < 1.29 is 35.9 Å². The van der Waals surface area contributed by atoms with Gasteiger partial charge in [0.05, 0.1) is 23.6 Å². The number of hydrogen-bond acceptors (Lipinski definition) is 3. The number of ether oxygens (including phenoxy) is 1. The van der Waals surface area contributed by atoms with Gasteiger partial charge in [-0.25, -0.2) is 4.79 Å². The predicted octanol–water partition coefficient (Wildman–Crippen LogP) is 7.23. The largest absolute Gasteiger partial charge is 0.457 e. The summed E-state index contributed by atoms with van der Waals surface area (Å²) in [5.74, 6) is 0.914. The quantitative estimate of drug-likeness (QED) is 0.379. The number of nitrogens with zero attached hydrogens (tertiary/aromatic N) is 1. The number of benzene rings is 3. The van der Waals surface area contributed by atoms with Crippen LogP contribution in [0.25, 0.3) is 0 Å². The van der Waals surface area contributed by atoms with E-state index in [1.807, 2.05) is 11.4 Å². The lowest BCUT2D eigenvalue weighted by atomic mass is 10.1. The average Bonchev–Trinajstić information content (AvgIpc) is 2.75. The minimum absolute atomic E-state index is 0.0289. The fourth-order valence-electron chi connectivity index (χ4n) is 2.83. The lowest BCUT2D eigenvalue weighted by Crippen LogP contribution is -2.20. The Morgan fingerprint density at radius 2 is 1.24 bits per heavy atom. The topological polar surface area (TPSA) is 74.1 Å². The van der Waals surface area contributed by atoms with Gasteiger partial charge in [0.1, 0.15) is 11.5 Å². The second-order valence-corrected chi connectivity index (χ2v) is 6.98. The molecule has 0 atom stereocenters. The Morgan fingerprint density at radius 3 is 1.71 bits per heavy atom. The minimum Gasteiger partial charge on any atom is -0.457 e. The summed E-state index contributed by atoms with van der Waals surface area (Å²) in [6.07, 6.45) is -9.79. The first-order valence-electron chi connectivity index (χ1n) is 9.55. The van der Waals surface area contributed by atoms with Gasteiger partial charge in [-0.15, -0.1) is 0 Å². The van der Waals surface area contributed by atoms with Crippen LogP contribution in [0.3, 0.4) is 0 Å². The van der Waals surface area contributed by atoms with Crippen molar-refractivity contribution in [2.45, 2.75) is 18.8 Å². The molecule has 0 bridgehead atoms. The highest BCUT2D eigenvalue weighted by molar-refractivity contribution is 5.99. The summed E-state index contributed by atoms with van der Waals surface area (Å²) in [5, 5.41) is 13.0. The maximum Gasteiger partial charge on any atom is 0.416 e. The first-order valence-corrected chi connectivity index (χ1v) is 9.55. The van der Waals surface area contributed by atoms with Crippen LogP contribution in [0.5, 0.6) is 11.5 Å². The van der Waals surface area contributed by atoms with E-state index in [0.717, 1.165) is 5.56 Å². The molecule has 0 fully saturated rings. The Morgan fingerprint density at radius 1 is 0.765 bits per heavy atom. The standard InChI is InChI=1S/C23H15F6N3O2/c24-22(25,26)15-11-16(23(27,28)29)13-18(12-15)32-21(33)31-17-3-7-20(8-4-17)34-19-5-1-14(2-6-19)9-10-30/h1-8,11-13H,9H2,(H2,31,32,33). The third-order valence-electron chi connectivity index (χ3n) is 4.40. The van der Waals surface area contributed by atoms with Crippen molar-refractivity contribution in [1.29, 1.82) is 5.26 Å². The molecule has 0 spiro atoms. The van der Waals surface area contributed by atoms with E-state index < -0.39 is 35.2 Å². The molecule has 3 aromatic carbocycles. The summed E-state index contributed by atoms with van der Waals surface area (Å²) in [7, 11) is 0. The summed E-state index contributed by atoms with van der Waals surface area (Å²) in [6.45, 7) is 0. The molecule has 0 saturated carbocycles. The van der Waals surface area contributed by atoms with Gasteiger partial charge >= 0.3 is 18.4 Å². The molecule has 176 valence electrons. The monoisotopic (exact) mass is 479 g/mol. The number of halogens is 6. The van der Waals surface area contributed by atoms with Crippen LogP contribution in [0.1, 0.15) is 16.7 Å². The molecular formula is C23H15F6N3O2. The van der Waals surface area contributed by atoms with Crippen molar-refractivity contribution in [1.82, 2.24) is 0 Å². The van der Waals surface area contributed by atoms with Crippen LogP contribution in [0.15, 0.2) is 66.7 Å². The summed E-state index contributed by atoms with van der Waals surface area (Å²) < 4.78 is 83.3. The number of carbonyl (C=O) groups is 1. The van der Waals surface area contributed by atoms with E-state index in [9.17, 15) is 31.1 Å². The molecule has 5 nitrogen and oxygen atoms in total. The van der Waals surface area contributed by atoms with Crippen molar-refractivity contribution in [3.63, 3.8) is 0 Å². The number of amides is 2. The SMILES string of the molecule is N#CCc1ccc(Oc2ccc(NC(=O)Nc3cc(C(F)(F)F)cc(C(F)(F)F)c3)cc2)cc1. The highest BCUT2D eigenvalue weighted by Gasteiger charge is 2.37. The Bertz CT molecular complexity index is 1170. The second kappa shape index (κ2) is 9.74. The highest BCUT2D eigenvalue weighted by Crippen LogP contribution is 2.37. The zero-order chi connectivity index (χ0) is 24.9. The molecule has 0 aliphatic carbocycles. The molecule has 11 heteroatoms. The predicted molar refractivity (Wildman–Crippen MR) is 111 cm³/mol. The van der Waals surface area contributed by atoms with Crippen LogP contribution in [0.2, 0.25) is 0 Å². The van der Waals surface area contributed by atoms with Crippen molar-refractivity contribution in [3.05, 3.63) is 83.4 Å². The summed E-state index contributed by atoms with van der Waals surface area (Å²) in [5.41, 5.74) is -2.71. The molecule has 2 N–H and O–H groups in total. The number of anilines is 2. The van der Waals surface area contributed by atoms with E-state index in [1.54, 1.807) is 24.3 Å². The molecule has 0 aromatic heterocycles. The first-order chi connectivity index (χ1) is 15.9. The van der Waals surface area contributed by atoms with E-state index in [0.29, 0.717) is 23.6 Å². The Labute approximate surface area is 189 Å². The minimum atomic E-state index is -5.03. The van der Waals surface area contributed by atoms with Gasteiger partial charge in [-0.3, -0.25) is 0 Å². The van der Waals surface area contributed by atoms with Gasteiger partial charge in [-0.2, -0.15) is 31.6 Å². The van der Waals surface area contributed by atoms with E-state index in [4.69, 9.17) is 10.00 Å². The Hall–Kier alpha value is -4.20. The van der Waals surface area contributed by atoms with Crippen LogP contribution < -0.4 is 15.4 Å². The number of hydrogen-bond donors (Lipinski definition) is 2. The van der Waals surface area contributed by atoms with Gasteiger partial charge < -0.3 is 15.4 Å². The number of carbonyl (C=O) groups excluding carboxylic acids is 1. The first kappa shape index (κ1) is 24.4. The Balaban J connectivity index is 1.66. The van der Waals surface area contributed by atoms with Crippen LogP contribution in [0, 0.1) is 11.3 Å². The van der Waals surface area contributed by atoms with Crippen molar-refractivity contribution in [2.24, 2.45) is 0 Å². The van der Waals surface area contributed by atoms with Gasteiger partial charge in [-0.1, -0.05) is 12.1 Å². The zero-order valence-corrected chi connectivity index (χ0v) is 17.1. The fourth-order valence-corrected chi connectivity index (χ4v) is 2.83. The summed E-state index contributed by atoms with van der Waals surface area (Å²) in [4.78, 5) is 12.1. The smallest absolute Gasteiger partial charge is 0.416 e. The van der Waals surface area contributed by atoms with Crippen LogP contribution >= 0.6 is 0 Å². The maximum absolute atomic E-state index is 12.9. The van der Waals surface area contributed by atoms with Gasteiger partial charge in [0, 0.05) is 11.4 Å².